The zero-order valence-corrected chi connectivity index (χ0v) is 20.4. The van der Waals surface area contributed by atoms with Gasteiger partial charge < -0.3 is 9.84 Å². The molecule has 3 heteroatoms. The predicted molar refractivity (Wildman–Crippen MR) is 132 cm³/mol. The molecule has 0 aliphatic rings. The van der Waals surface area contributed by atoms with E-state index in [0.717, 1.165) is 18.4 Å². The highest BCUT2D eigenvalue weighted by atomic mass is 16.5. The Hall–Kier alpha value is -1.51. The van der Waals surface area contributed by atoms with Crippen molar-refractivity contribution in [1.82, 2.24) is 0 Å². The van der Waals surface area contributed by atoms with Gasteiger partial charge in [-0.3, -0.25) is 4.79 Å². The third-order valence-corrected chi connectivity index (χ3v) is 6.23. The van der Waals surface area contributed by atoms with Crippen LogP contribution in [0.5, 0.6) is 5.75 Å². The second-order valence-corrected chi connectivity index (χ2v) is 9.02. The molecule has 31 heavy (non-hydrogen) atoms. The summed E-state index contributed by atoms with van der Waals surface area (Å²) >= 11 is 0. The van der Waals surface area contributed by atoms with E-state index in [1.165, 1.54) is 89.9 Å². The maximum absolute atomic E-state index is 12.3. The van der Waals surface area contributed by atoms with Gasteiger partial charge in [0, 0.05) is 0 Å². The van der Waals surface area contributed by atoms with Crippen LogP contribution in [0.15, 0.2) is 24.3 Å². The molecule has 0 saturated carbocycles. The van der Waals surface area contributed by atoms with E-state index in [1.54, 1.807) is 24.3 Å². The van der Waals surface area contributed by atoms with Gasteiger partial charge in [-0.15, -0.1) is 0 Å². The summed E-state index contributed by atoms with van der Waals surface area (Å²) in [6.45, 7) is 4.79. The number of ether oxygens (including phenoxy) is 1. The summed E-state index contributed by atoms with van der Waals surface area (Å²) < 4.78 is 5.50. The summed E-state index contributed by atoms with van der Waals surface area (Å²) in [7, 11) is 0. The third kappa shape index (κ3) is 14.2. The lowest BCUT2D eigenvalue weighted by Crippen LogP contribution is -2.16. The van der Waals surface area contributed by atoms with E-state index in [9.17, 15) is 9.90 Å². The minimum Gasteiger partial charge on any atom is -0.508 e. The van der Waals surface area contributed by atoms with E-state index in [-0.39, 0.29) is 17.6 Å². The van der Waals surface area contributed by atoms with Crippen molar-refractivity contribution in [3.63, 3.8) is 0 Å². The van der Waals surface area contributed by atoms with Crippen molar-refractivity contribution in [2.45, 2.75) is 129 Å². The van der Waals surface area contributed by atoms with Crippen molar-refractivity contribution in [1.29, 1.82) is 0 Å². The van der Waals surface area contributed by atoms with Gasteiger partial charge in [-0.1, -0.05) is 122 Å². The van der Waals surface area contributed by atoms with Crippen LogP contribution in [0.1, 0.15) is 134 Å². The van der Waals surface area contributed by atoms with Crippen molar-refractivity contribution < 1.29 is 14.6 Å². The number of unbranched alkanes of at least 4 members (excludes halogenated alkanes) is 15. The fourth-order valence-corrected chi connectivity index (χ4v) is 4.17. The summed E-state index contributed by atoms with van der Waals surface area (Å²) in [5.74, 6) is -0.157. The lowest BCUT2D eigenvalue weighted by Gasteiger charge is -2.14. The van der Waals surface area contributed by atoms with Crippen molar-refractivity contribution in [3.05, 3.63) is 29.8 Å². The van der Waals surface area contributed by atoms with Crippen LogP contribution in [-0.4, -0.2) is 17.7 Å². The molecule has 0 radical (unpaired) electrons. The normalized spacial score (nSPS) is 12.1. The quantitative estimate of drug-likeness (QED) is 0.165. The highest BCUT2D eigenvalue weighted by Gasteiger charge is 2.19. The van der Waals surface area contributed by atoms with Gasteiger partial charge in [-0.25, -0.2) is 0 Å². The van der Waals surface area contributed by atoms with Crippen LogP contribution in [0, 0.1) is 0 Å². The standard InChI is InChI=1S/C28H48O3/c1-3-5-6-7-8-9-10-11-12-13-14-15-16-17-18-19-24-31-28(30)27(4-2)25-20-22-26(29)23-21-25/h20-23,27,29H,3-19,24H2,1-2H3. The lowest BCUT2D eigenvalue weighted by atomic mass is 9.96. The van der Waals surface area contributed by atoms with Crippen molar-refractivity contribution >= 4 is 5.97 Å². The SMILES string of the molecule is CCCCCCCCCCCCCCCCCCOC(=O)C(CC)c1ccc(O)cc1. The van der Waals surface area contributed by atoms with Gasteiger partial charge in [0.2, 0.25) is 0 Å². The van der Waals surface area contributed by atoms with Crippen LogP contribution in [0.4, 0.5) is 0 Å². The van der Waals surface area contributed by atoms with Gasteiger partial charge in [-0.05, 0) is 30.5 Å². The van der Waals surface area contributed by atoms with Crippen molar-refractivity contribution in [3.8, 4) is 5.75 Å². The Kier molecular flexibility index (Phi) is 17.0. The average Bonchev–Trinajstić information content (AvgIpc) is 2.77. The monoisotopic (exact) mass is 432 g/mol. The van der Waals surface area contributed by atoms with Crippen LogP contribution in [0.2, 0.25) is 0 Å². The fraction of sp³-hybridized carbons (Fsp3) is 0.750. The molecule has 1 aromatic carbocycles. The topological polar surface area (TPSA) is 46.5 Å². The number of phenolic OH excluding ortho intramolecular Hbond substituents is 1. The molecule has 0 saturated heterocycles. The molecule has 0 fully saturated rings. The first kappa shape index (κ1) is 27.5. The highest BCUT2D eigenvalue weighted by molar-refractivity contribution is 5.78. The second-order valence-electron chi connectivity index (χ2n) is 9.02. The number of aromatic hydroxyl groups is 1. The molecule has 1 N–H and O–H groups in total. The maximum atomic E-state index is 12.3. The van der Waals surface area contributed by atoms with Crippen molar-refractivity contribution in [2.75, 3.05) is 6.61 Å². The maximum Gasteiger partial charge on any atom is 0.313 e. The van der Waals surface area contributed by atoms with Gasteiger partial charge in [-0.2, -0.15) is 0 Å². The molecule has 178 valence electrons. The van der Waals surface area contributed by atoms with Crippen LogP contribution >= 0.6 is 0 Å². The highest BCUT2D eigenvalue weighted by Crippen LogP contribution is 2.23. The van der Waals surface area contributed by atoms with E-state index in [1.807, 2.05) is 6.92 Å². The van der Waals surface area contributed by atoms with E-state index in [4.69, 9.17) is 4.74 Å². The smallest absolute Gasteiger partial charge is 0.313 e. The minimum absolute atomic E-state index is 0.144. The Balaban J connectivity index is 1.89. The Labute approximate surface area is 192 Å². The first-order chi connectivity index (χ1) is 15.2. The van der Waals surface area contributed by atoms with Gasteiger partial charge in [0.25, 0.3) is 0 Å². The number of rotatable bonds is 20. The molecule has 1 aromatic rings. The Bertz CT molecular complexity index is 538. The molecule has 0 bridgehead atoms. The number of esters is 1. The molecule has 0 amide bonds. The summed E-state index contributed by atoms with van der Waals surface area (Å²) in [5.41, 5.74) is 0.914. The zero-order chi connectivity index (χ0) is 22.6. The summed E-state index contributed by atoms with van der Waals surface area (Å²) in [6.07, 6.45) is 22.2. The van der Waals surface area contributed by atoms with Gasteiger partial charge in [0.1, 0.15) is 5.75 Å². The molecule has 3 nitrogen and oxygen atoms in total. The molecule has 0 aliphatic carbocycles. The molecule has 0 aromatic heterocycles. The zero-order valence-electron chi connectivity index (χ0n) is 20.4. The Morgan fingerprint density at radius 3 is 1.55 bits per heavy atom. The van der Waals surface area contributed by atoms with Gasteiger partial charge in [0.05, 0.1) is 12.5 Å². The molecule has 1 rings (SSSR count). The summed E-state index contributed by atoms with van der Waals surface area (Å²) in [4.78, 5) is 12.3. The number of hydrogen-bond donors (Lipinski definition) is 1. The molecule has 1 unspecified atom stereocenters. The predicted octanol–water partition coefficient (Wildman–Crippen LogP) is 8.69. The van der Waals surface area contributed by atoms with Crippen LogP contribution < -0.4 is 0 Å². The van der Waals surface area contributed by atoms with E-state index in [0.29, 0.717) is 13.0 Å². The number of carbonyl (C=O) groups excluding carboxylic acids is 1. The number of hydrogen-bond acceptors (Lipinski definition) is 3. The Morgan fingerprint density at radius 1 is 0.710 bits per heavy atom. The molecular formula is C28H48O3. The van der Waals surface area contributed by atoms with E-state index in [2.05, 4.69) is 6.92 Å². The second kappa shape index (κ2) is 19.2. The first-order valence-electron chi connectivity index (χ1n) is 13.1. The fourth-order valence-electron chi connectivity index (χ4n) is 4.17. The van der Waals surface area contributed by atoms with Crippen LogP contribution in [0.25, 0.3) is 0 Å². The molecule has 0 aliphatic heterocycles. The lowest BCUT2D eigenvalue weighted by molar-refractivity contribution is -0.145. The largest absolute Gasteiger partial charge is 0.508 e. The van der Waals surface area contributed by atoms with E-state index < -0.39 is 0 Å². The van der Waals surface area contributed by atoms with Crippen LogP contribution in [-0.2, 0) is 9.53 Å². The van der Waals surface area contributed by atoms with Gasteiger partial charge in [0.15, 0.2) is 0 Å². The average molecular weight is 433 g/mol. The summed E-state index contributed by atoms with van der Waals surface area (Å²) in [5, 5.41) is 9.40. The molecular weight excluding hydrogens is 384 g/mol. The van der Waals surface area contributed by atoms with E-state index >= 15 is 0 Å². The van der Waals surface area contributed by atoms with Gasteiger partial charge >= 0.3 is 5.97 Å². The van der Waals surface area contributed by atoms with Crippen LogP contribution in [0.3, 0.4) is 0 Å². The Morgan fingerprint density at radius 2 is 1.13 bits per heavy atom. The first-order valence-corrected chi connectivity index (χ1v) is 13.1. The molecule has 1 atom stereocenters. The van der Waals surface area contributed by atoms with Crippen molar-refractivity contribution in [2.24, 2.45) is 0 Å². The molecule has 0 spiro atoms. The molecule has 0 heterocycles. The number of benzene rings is 1. The minimum atomic E-state index is -0.235. The number of phenols is 1. The number of carbonyl (C=O) groups is 1. The summed E-state index contributed by atoms with van der Waals surface area (Å²) in [6, 6.07) is 6.86. The third-order valence-electron chi connectivity index (χ3n) is 6.23.